The van der Waals surface area contributed by atoms with E-state index in [-0.39, 0.29) is 12.0 Å². The summed E-state index contributed by atoms with van der Waals surface area (Å²) in [5, 5.41) is 9.31. The van der Waals surface area contributed by atoms with Crippen LogP contribution in [0.4, 0.5) is 0 Å². The number of aliphatic hydroxyl groups is 1. The first-order valence-corrected chi connectivity index (χ1v) is 4.88. The van der Waals surface area contributed by atoms with Crippen LogP contribution in [0.2, 0.25) is 0 Å². The average Bonchev–Trinajstić information content (AvgIpc) is 2.28. The van der Waals surface area contributed by atoms with Gasteiger partial charge in [-0.2, -0.15) is 0 Å². The topological polar surface area (TPSA) is 38.7 Å². The molecule has 0 aromatic heterocycles. The Morgan fingerprint density at radius 2 is 1.87 bits per heavy atom. The highest BCUT2D eigenvalue weighted by Gasteiger charge is 2.23. The molecular formula is C12H18O3. The minimum Gasteiger partial charge on any atom is -0.497 e. The molecule has 3 nitrogen and oxygen atoms in total. The van der Waals surface area contributed by atoms with Crippen molar-refractivity contribution in [3.05, 3.63) is 23.8 Å². The van der Waals surface area contributed by atoms with E-state index < -0.39 is 0 Å². The molecule has 0 atom stereocenters. The number of hydrogen-bond donors (Lipinski definition) is 1. The minimum absolute atomic E-state index is 0.0791. The van der Waals surface area contributed by atoms with Crippen molar-refractivity contribution in [2.45, 2.75) is 19.3 Å². The molecule has 0 unspecified atom stereocenters. The van der Waals surface area contributed by atoms with Crippen LogP contribution >= 0.6 is 0 Å². The van der Waals surface area contributed by atoms with E-state index >= 15 is 0 Å². The van der Waals surface area contributed by atoms with Gasteiger partial charge in [0.1, 0.15) is 11.5 Å². The molecule has 0 saturated heterocycles. The lowest BCUT2D eigenvalue weighted by atomic mass is 9.85. The summed E-state index contributed by atoms with van der Waals surface area (Å²) in [7, 11) is 3.23. The number of hydrogen-bond acceptors (Lipinski definition) is 3. The van der Waals surface area contributed by atoms with E-state index in [1.807, 2.05) is 32.0 Å². The zero-order chi connectivity index (χ0) is 11.5. The summed E-state index contributed by atoms with van der Waals surface area (Å²) in [5.74, 6) is 1.50. The first-order chi connectivity index (χ1) is 7.05. The third-order valence-corrected chi connectivity index (χ3v) is 2.53. The third kappa shape index (κ3) is 2.42. The van der Waals surface area contributed by atoms with E-state index in [9.17, 15) is 5.11 Å². The Kier molecular flexibility index (Phi) is 3.58. The molecule has 0 heterocycles. The molecule has 0 bridgehead atoms. The highest BCUT2D eigenvalue weighted by atomic mass is 16.5. The highest BCUT2D eigenvalue weighted by Crippen LogP contribution is 2.33. The molecule has 0 aliphatic rings. The quantitative estimate of drug-likeness (QED) is 0.825. The second-order valence-corrected chi connectivity index (χ2v) is 4.11. The van der Waals surface area contributed by atoms with Crippen molar-refractivity contribution < 1.29 is 14.6 Å². The van der Waals surface area contributed by atoms with E-state index in [0.717, 1.165) is 17.1 Å². The number of aliphatic hydroxyl groups excluding tert-OH is 1. The summed E-state index contributed by atoms with van der Waals surface area (Å²) >= 11 is 0. The molecule has 0 fully saturated rings. The molecule has 0 saturated carbocycles. The summed E-state index contributed by atoms with van der Waals surface area (Å²) in [6.45, 7) is 4.02. The van der Waals surface area contributed by atoms with Crippen molar-refractivity contribution >= 4 is 0 Å². The van der Waals surface area contributed by atoms with Crippen LogP contribution in [0.15, 0.2) is 18.2 Å². The zero-order valence-corrected chi connectivity index (χ0v) is 9.70. The first-order valence-electron chi connectivity index (χ1n) is 4.88. The Morgan fingerprint density at radius 3 is 2.33 bits per heavy atom. The van der Waals surface area contributed by atoms with Gasteiger partial charge >= 0.3 is 0 Å². The number of benzene rings is 1. The largest absolute Gasteiger partial charge is 0.497 e. The van der Waals surface area contributed by atoms with E-state index in [2.05, 4.69) is 0 Å². The Balaban J connectivity index is 3.18. The normalized spacial score (nSPS) is 11.3. The molecular weight excluding hydrogens is 192 g/mol. The van der Waals surface area contributed by atoms with Gasteiger partial charge in [0, 0.05) is 17.0 Å². The second kappa shape index (κ2) is 4.53. The lowest BCUT2D eigenvalue weighted by molar-refractivity contribution is 0.214. The molecule has 1 N–H and O–H groups in total. The Labute approximate surface area is 90.6 Å². The van der Waals surface area contributed by atoms with Crippen LogP contribution < -0.4 is 9.47 Å². The summed E-state index contributed by atoms with van der Waals surface area (Å²) in [6.07, 6.45) is 0. The van der Waals surface area contributed by atoms with Gasteiger partial charge in [-0.3, -0.25) is 0 Å². The monoisotopic (exact) mass is 210 g/mol. The van der Waals surface area contributed by atoms with Crippen LogP contribution in [0.1, 0.15) is 19.4 Å². The lowest BCUT2D eigenvalue weighted by Gasteiger charge is -2.24. The van der Waals surface area contributed by atoms with Gasteiger partial charge in [0.05, 0.1) is 20.8 Å². The molecule has 0 radical (unpaired) electrons. The van der Waals surface area contributed by atoms with Gasteiger partial charge in [-0.1, -0.05) is 19.9 Å². The fourth-order valence-electron chi connectivity index (χ4n) is 1.44. The molecule has 0 aliphatic carbocycles. The number of ether oxygens (including phenoxy) is 2. The molecule has 0 spiro atoms. The molecule has 1 aromatic rings. The van der Waals surface area contributed by atoms with Gasteiger partial charge in [0.2, 0.25) is 0 Å². The second-order valence-electron chi connectivity index (χ2n) is 4.11. The SMILES string of the molecule is COc1ccc(C(C)(C)CO)c(OC)c1. The van der Waals surface area contributed by atoms with Gasteiger partial charge in [0.15, 0.2) is 0 Å². The maximum absolute atomic E-state index is 9.31. The van der Waals surface area contributed by atoms with Crippen LogP contribution in [0.5, 0.6) is 11.5 Å². The van der Waals surface area contributed by atoms with E-state index in [1.54, 1.807) is 14.2 Å². The smallest absolute Gasteiger partial charge is 0.126 e. The molecule has 84 valence electrons. The number of methoxy groups -OCH3 is 2. The van der Waals surface area contributed by atoms with Crippen molar-refractivity contribution in [1.29, 1.82) is 0 Å². The Morgan fingerprint density at radius 1 is 1.20 bits per heavy atom. The van der Waals surface area contributed by atoms with E-state index in [4.69, 9.17) is 9.47 Å². The standard InChI is InChI=1S/C12H18O3/c1-12(2,8-13)10-6-5-9(14-3)7-11(10)15-4/h5-7,13H,8H2,1-4H3. The maximum atomic E-state index is 9.31. The predicted octanol–water partition coefficient (Wildman–Crippen LogP) is 1.97. The lowest BCUT2D eigenvalue weighted by Crippen LogP contribution is -2.22. The summed E-state index contributed by atoms with van der Waals surface area (Å²) in [6, 6.07) is 5.62. The van der Waals surface area contributed by atoms with Crippen molar-refractivity contribution in [2.75, 3.05) is 20.8 Å². The minimum atomic E-state index is -0.308. The van der Waals surface area contributed by atoms with E-state index in [0.29, 0.717) is 0 Å². The van der Waals surface area contributed by atoms with Crippen LogP contribution in [0.25, 0.3) is 0 Å². The van der Waals surface area contributed by atoms with Crippen molar-refractivity contribution in [3.8, 4) is 11.5 Å². The molecule has 1 aromatic carbocycles. The summed E-state index contributed by atoms with van der Waals surface area (Å²) in [4.78, 5) is 0. The Bertz CT molecular complexity index is 332. The molecule has 15 heavy (non-hydrogen) atoms. The maximum Gasteiger partial charge on any atom is 0.126 e. The fourth-order valence-corrected chi connectivity index (χ4v) is 1.44. The van der Waals surface area contributed by atoms with Gasteiger partial charge in [0.25, 0.3) is 0 Å². The average molecular weight is 210 g/mol. The summed E-state index contributed by atoms with van der Waals surface area (Å²) < 4.78 is 10.4. The number of rotatable bonds is 4. The molecule has 1 rings (SSSR count). The molecule has 0 amide bonds. The molecule has 3 heteroatoms. The van der Waals surface area contributed by atoms with Gasteiger partial charge in [-0.25, -0.2) is 0 Å². The predicted molar refractivity (Wildman–Crippen MR) is 59.7 cm³/mol. The van der Waals surface area contributed by atoms with Crippen molar-refractivity contribution in [3.63, 3.8) is 0 Å². The van der Waals surface area contributed by atoms with E-state index in [1.165, 1.54) is 0 Å². The molecule has 0 aliphatic heterocycles. The highest BCUT2D eigenvalue weighted by molar-refractivity contribution is 5.44. The van der Waals surface area contributed by atoms with Crippen molar-refractivity contribution in [2.24, 2.45) is 0 Å². The van der Waals surface area contributed by atoms with Crippen LogP contribution in [-0.2, 0) is 5.41 Å². The van der Waals surface area contributed by atoms with Crippen LogP contribution in [0.3, 0.4) is 0 Å². The fraction of sp³-hybridized carbons (Fsp3) is 0.500. The third-order valence-electron chi connectivity index (χ3n) is 2.53. The Hall–Kier alpha value is -1.22. The van der Waals surface area contributed by atoms with Gasteiger partial charge < -0.3 is 14.6 Å². The van der Waals surface area contributed by atoms with Crippen molar-refractivity contribution in [1.82, 2.24) is 0 Å². The van der Waals surface area contributed by atoms with Crippen LogP contribution in [0, 0.1) is 0 Å². The zero-order valence-electron chi connectivity index (χ0n) is 9.70. The first kappa shape index (κ1) is 11.9. The summed E-state index contributed by atoms with van der Waals surface area (Å²) in [5.41, 5.74) is 0.672. The van der Waals surface area contributed by atoms with Gasteiger partial charge in [-0.15, -0.1) is 0 Å². The van der Waals surface area contributed by atoms with Crippen LogP contribution in [-0.4, -0.2) is 25.9 Å². The van der Waals surface area contributed by atoms with Gasteiger partial charge in [-0.05, 0) is 6.07 Å².